The highest BCUT2D eigenvalue weighted by molar-refractivity contribution is 7.91. The molecule has 40 heavy (non-hydrogen) atoms. The average molecular weight is 558 g/mol. The highest BCUT2D eigenvalue weighted by Gasteiger charge is 2.39. The first-order chi connectivity index (χ1) is 19.3. The number of allylic oxidation sites excluding steroid dienone is 3. The average Bonchev–Trinajstić information content (AvgIpc) is 3.38. The summed E-state index contributed by atoms with van der Waals surface area (Å²) in [5.41, 5.74) is 2.75. The number of hydrogen-bond donors (Lipinski definition) is 0. The maximum absolute atomic E-state index is 13.9. The van der Waals surface area contributed by atoms with Gasteiger partial charge in [0, 0.05) is 41.8 Å². The van der Waals surface area contributed by atoms with Crippen LogP contribution in [0, 0.1) is 5.92 Å². The normalized spacial score (nSPS) is 21.2. The van der Waals surface area contributed by atoms with Crippen molar-refractivity contribution in [3.8, 4) is 11.1 Å². The summed E-state index contributed by atoms with van der Waals surface area (Å²) in [6.45, 7) is 5.21. The van der Waals surface area contributed by atoms with Crippen molar-refractivity contribution in [3.63, 3.8) is 0 Å². The van der Waals surface area contributed by atoms with E-state index in [1.165, 1.54) is 3.97 Å². The van der Waals surface area contributed by atoms with E-state index in [1.807, 2.05) is 49.4 Å². The highest BCUT2D eigenvalue weighted by Crippen LogP contribution is 2.37. The van der Waals surface area contributed by atoms with Gasteiger partial charge in [-0.05, 0) is 62.9 Å². The van der Waals surface area contributed by atoms with E-state index in [4.69, 9.17) is 4.74 Å². The van der Waals surface area contributed by atoms with Crippen LogP contribution in [0.1, 0.15) is 33.1 Å². The lowest BCUT2D eigenvalue weighted by Crippen LogP contribution is -2.40. The summed E-state index contributed by atoms with van der Waals surface area (Å²) in [6, 6.07) is 9.58. The summed E-state index contributed by atoms with van der Waals surface area (Å²) in [5, 5.41) is 1.58. The van der Waals surface area contributed by atoms with E-state index < -0.39 is 14.8 Å². The minimum Gasteiger partial charge on any atom is -0.466 e. The molecule has 4 heterocycles. The fraction of sp³-hybridized carbons (Fsp3) is 0.333. The number of nitrogens with zero attached hydrogens (tertiary/aromatic N) is 5. The minimum absolute atomic E-state index is 0.176. The molecule has 206 valence electrons. The number of ether oxygens (including phenoxy) is 1. The Bertz CT molecular complexity index is 1780. The maximum Gasteiger partial charge on any atom is 0.310 e. The lowest BCUT2D eigenvalue weighted by atomic mass is 9.97. The van der Waals surface area contributed by atoms with Gasteiger partial charge in [0.25, 0.3) is 0 Å². The van der Waals surface area contributed by atoms with Crippen molar-refractivity contribution in [1.82, 2.24) is 18.9 Å². The van der Waals surface area contributed by atoms with Crippen LogP contribution in [0.15, 0.2) is 73.4 Å². The van der Waals surface area contributed by atoms with E-state index in [-0.39, 0.29) is 11.9 Å². The van der Waals surface area contributed by atoms with Crippen molar-refractivity contribution >= 4 is 43.7 Å². The van der Waals surface area contributed by atoms with Crippen molar-refractivity contribution in [1.29, 1.82) is 0 Å². The fourth-order valence-corrected chi connectivity index (χ4v) is 7.28. The Labute approximate surface area is 233 Å². The number of carbonyl (C=O) groups excluding carboxylic acids is 1. The van der Waals surface area contributed by atoms with Gasteiger partial charge in [0.15, 0.2) is 5.65 Å². The highest BCUT2D eigenvalue weighted by atomic mass is 32.2. The Kier molecular flexibility index (Phi) is 6.66. The molecule has 2 aliphatic rings. The molecule has 0 bridgehead atoms. The van der Waals surface area contributed by atoms with Gasteiger partial charge in [-0.3, -0.25) is 4.79 Å². The van der Waals surface area contributed by atoms with Crippen molar-refractivity contribution in [3.05, 3.63) is 73.4 Å². The van der Waals surface area contributed by atoms with Crippen LogP contribution >= 0.6 is 0 Å². The summed E-state index contributed by atoms with van der Waals surface area (Å²) in [5.74, 6) is 0.368. The molecule has 1 fully saturated rings. The van der Waals surface area contributed by atoms with E-state index in [0.717, 1.165) is 52.6 Å². The minimum atomic E-state index is -3.82. The first kappa shape index (κ1) is 26.2. The molecule has 1 aliphatic heterocycles. The quantitative estimate of drug-likeness (QED) is 0.309. The van der Waals surface area contributed by atoms with Crippen LogP contribution < -0.4 is 4.90 Å². The Morgan fingerprint density at radius 3 is 2.83 bits per heavy atom. The van der Waals surface area contributed by atoms with E-state index >= 15 is 0 Å². The molecule has 10 heteroatoms. The Hall–Kier alpha value is -4.05. The number of rotatable bonds is 6. The standard InChI is InChI=1S/C30H31N5O4S/c1-3-39-29(36)22-9-8-16-34(18-22)27-24-17-21(11-12-26(24)32-20-33-27)25-19-35(28-23(25)10-7-15-31-28)40(37,38)30(2)13-5-4-6-14-30/h4-7,10-13,15,17,19-20,22H,3,8-9,14,16,18H2,1-2H3/t22-,30?/m1/s1. The number of piperidine rings is 1. The summed E-state index contributed by atoms with van der Waals surface area (Å²) in [7, 11) is -3.82. The third-order valence-corrected chi connectivity index (χ3v) is 10.1. The van der Waals surface area contributed by atoms with Crippen LogP contribution in [-0.2, 0) is 19.6 Å². The first-order valence-corrected chi connectivity index (χ1v) is 15.0. The number of aromatic nitrogens is 4. The molecule has 3 aromatic heterocycles. The van der Waals surface area contributed by atoms with Gasteiger partial charge in [-0.2, -0.15) is 0 Å². The summed E-state index contributed by atoms with van der Waals surface area (Å²) in [6.07, 6.45) is 14.1. The number of pyridine rings is 1. The molecule has 1 saturated heterocycles. The summed E-state index contributed by atoms with van der Waals surface area (Å²) in [4.78, 5) is 28.2. The zero-order valence-corrected chi connectivity index (χ0v) is 23.3. The third kappa shape index (κ3) is 4.36. The van der Waals surface area contributed by atoms with E-state index in [9.17, 15) is 13.2 Å². The predicted octanol–water partition coefficient (Wildman–Crippen LogP) is 4.88. The van der Waals surface area contributed by atoms with Gasteiger partial charge in [0.05, 0.1) is 18.0 Å². The van der Waals surface area contributed by atoms with Crippen LogP contribution in [0.2, 0.25) is 0 Å². The molecule has 1 unspecified atom stereocenters. The lowest BCUT2D eigenvalue weighted by molar-refractivity contribution is -0.148. The fourth-order valence-electron chi connectivity index (χ4n) is 5.65. The predicted molar refractivity (Wildman–Crippen MR) is 155 cm³/mol. The largest absolute Gasteiger partial charge is 0.466 e. The van der Waals surface area contributed by atoms with Crippen molar-refractivity contribution in [2.75, 3.05) is 24.6 Å². The second kappa shape index (κ2) is 10.2. The molecule has 6 rings (SSSR count). The molecule has 0 radical (unpaired) electrons. The van der Waals surface area contributed by atoms with E-state index in [1.54, 1.807) is 37.8 Å². The van der Waals surface area contributed by atoms with Crippen LogP contribution in [0.3, 0.4) is 0 Å². The number of benzene rings is 1. The number of fused-ring (bicyclic) bond motifs is 2. The molecule has 4 aromatic rings. The van der Waals surface area contributed by atoms with Gasteiger partial charge in [0.2, 0.25) is 10.0 Å². The van der Waals surface area contributed by atoms with Gasteiger partial charge in [-0.25, -0.2) is 27.3 Å². The Morgan fingerprint density at radius 1 is 1.15 bits per heavy atom. The van der Waals surface area contributed by atoms with E-state index in [2.05, 4.69) is 19.9 Å². The number of carbonyl (C=O) groups is 1. The first-order valence-electron chi connectivity index (χ1n) is 13.5. The van der Waals surface area contributed by atoms with Gasteiger partial charge in [-0.1, -0.05) is 30.4 Å². The molecular formula is C30H31N5O4S. The molecule has 9 nitrogen and oxygen atoms in total. The molecule has 1 aromatic carbocycles. The molecule has 0 spiro atoms. The molecule has 2 atom stereocenters. The van der Waals surface area contributed by atoms with Crippen molar-refractivity contribution in [2.24, 2.45) is 5.92 Å². The number of anilines is 1. The lowest BCUT2D eigenvalue weighted by Gasteiger charge is -2.32. The smallest absolute Gasteiger partial charge is 0.310 e. The SMILES string of the molecule is CCOC(=O)[C@@H]1CCCN(c2ncnc3ccc(-c4cn(S(=O)(=O)C5(C)C=CC=CC5)c5ncccc45)cc23)C1. The van der Waals surface area contributed by atoms with Gasteiger partial charge in [-0.15, -0.1) is 0 Å². The van der Waals surface area contributed by atoms with Gasteiger partial charge < -0.3 is 9.64 Å². The van der Waals surface area contributed by atoms with Crippen molar-refractivity contribution < 1.29 is 17.9 Å². The molecular weight excluding hydrogens is 526 g/mol. The molecule has 1 aliphatic carbocycles. The molecule has 0 amide bonds. The second-order valence-electron chi connectivity index (χ2n) is 10.5. The van der Waals surface area contributed by atoms with Crippen LogP contribution in [0.4, 0.5) is 5.82 Å². The summed E-state index contributed by atoms with van der Waals surface area (Å²) >= 11 is 0. The number of esters is 1. The van der Waals surface area contributed by atoms with E-state index in [0.29, 0.717) is 25.2 Å². The van der Waals surface area contributed by atoms with Gasteiger partial charge in [0.1, 0.15) is 16.9 Å². The van der Waals surface area contributed by atoms with Crippen LogP contribution in [-0.4, -0.2) is 57.8 Å². The second-order valence-corrected chi connectivity index (χ2v) is 12.8. The summed E-state index contributed by atoms with van der Waals surface area (Å²) < 4.78 is 33.4. The monoisotopic (exact) mass is 557 g/mol. The van der Waals surface area contributed by atoms with Crippen LogP contribution in [0.5, 0.6) is 0 Å². The Balaban J connectivity index is 1.45. The zero-order valence-electron chi connectivity index (χ0n) is 22.5. The topological polar surface area (TPSA) is 107 Å². The maximum atomic E-state index is 13.9. The molecule has 0 saturated carbocycles. The molecule has 0 N–H and O–H groups in total. The third-order valence-electron chi connectivity index (χ3n) is 7.87. The van der Waals surface area contributed by atoms with Gasteiger partial charge >= 0.3 is 5.97 Å². The Morgan fingerprint density at radius 2 is 2.02 bits per heavy atom. The number of hydrogen-bond acceptors (Lipinski definition) is 8. The van der Waals surface area contributed by atoms with Crippen molar-refractivity contribution in [2.45, 2.75) is 37.9 Å². The zero-order chi connectivity index (χ0) is 27.9. The van der Waals surface area contributed by atoms with Crippen LogP contribution in [0.25, 0.3) is 33.1 Å².